The maximum Gasteiger partial charge on any atom is 0.204 e. The van der Waals surface area contributed by atoms with Gasteiger partial charge in [-0.15, -0.1) is 10.2 Å². The molecule has 0 fully saturated rings. The molecule has 1 N–H and O–H groups in total. The molecule has 4 nitrogen and oxygen atoms in total. The summed E-state index contributed by atoms with van der Waals surface area (Å²) in [5.41, 5.74) is 4.25. The molecule has 0 atom stereocenters. The average molecular weight is 434 g/mol. The largest absolute Gasteiger partial charge is 0.206 e. The minimum Gasteiger partial charge on any atom is -0.206 e. The van der Waals surface area contributed by atoms with Crippen molar-refractivity contribution in [3.05, 3.63) is 103 Å². The van der Waals surface area contributed by atoms with Gasteiger partial charge < -0.3 is 0 Å². The molecule has 0 saturated heterocycles. The molecule has 6 rings (SSSR count). The lowest BCUT2D eigenvalue weighted by molar-refractivity contribution is 0.639. The van der Waals surface area contributed by atoms with Gasteiger partial charge >= 0.3 is 0 Å². The summed E-state index contributed by atoms with van der Waals surface area (Å²) >= 11 is 0. The number of aromatic nitrogens is 4. The highest BCUT2D eigenvalue weighted by molar-refractivity contribution is 6.01. The first-order chi connectivity index (χ1) is 16.2. The third-order valence-corrected chi connectivity index (χ3v) is 5.90. The fraction of sp³-hybridized carbons (Fsp3) is 0. The highest BCUT2D eigenvalue weighted by Crippen LogP contribution is 2.38. The molecule has 158 valence electrons. The molecule has 0 amide bonds. The number of fused-ring (bicyclic) bond motifs is 2. The Balaban J connectivity index is 1.66. The van der Waals surface area contributed by atoms with Crippen LogP contribution >= 0.6 is 0 Å². The first kappa shape index (κ1) is 19.3. The van der Waals surface area contributed by atoms with Gasteiger partial charge in [0.25, 0.3) is 0 Å². The molecule has 1 heterocycles. The van der Waals surface area contributed by atoms with Crippen molar-refractivity contribution >= 4 is 21.5 Å². The monoisotopic (exact) mass is 434 g/mol. The fourth-order valence-electron chi connectivity index (χ4n) is 4.38. The Morgan fingerprint density at radius 1 is 0.545 bits per heavy atom. The summed E-state index contributed by atoms with van der Waals surface area (Å²) in [5.74, 6) is -0.0993. The van der Waals surface area contributed by atoms with Crippen LogP contribution in [0.4, 0.5) is 8.78 Å². The molecular formula is C27H16F2N4. The van der Waals surface area contributed by atoms with Crippen molar-refractivity contribution in [2.24, 2.45) is 0 Å². The second kappa shape index (κ2) is 7.60. The third-order valence-electron chi connectivity index (χ3n) is 5.90. The Kier molecular flexibility index (Phi) is 4.43. The molecular weight excluding hydrogens is 418 g/mol. The number of H-pyrrole nitrogens is 1. The molecule has 1 aromatic heterocycles. The number of nitrogens with zero attached hydrogens (tertiary/aromatic N) is 3. The zero-order valence-electron chi connectivity index (χ0n) is 17.3. The van der Waals surface area contributed by atoms with E-state index >= 15 is 0 Å². The van der Waals surface area contributed by atoms with E-state index in [0.29, 0.717) is 16.6 Å². The van der Waals surface area contributed by atoms with Gasteiger partial charge in [0.05, 0.1) is 0 Å². The Morgan fingerprint density at radius 2 is 1.03 bits per heavy atom. The highest BCUT2D eigenvalue weighted by atomic mass is 19.1. The van der Waals surface area contributed by atoms with Gasteiger partial charge in [-0.1, -0.05) is 60.7 Å². The molecule has 5 aromatic carbocycles. The van der Waals surface area contributed by atoms with Gasteiger partial charge in [0.1, 0.15) is 11.6 Å². The smallest absolute Gasteiger partial charge is 0.204 e. The zero-order chi connectivity index (χ0) is 22.4. The second-order valence-electron chi connectivity index (χ2n) is 7.82. The van der Waals surface area contributed by atoms with Gasteiger partial charge in [-0.3, -0.25) is 0 Å². The SMILES string of the molecule is Fc1ccc(-c2cc(-c3nn[nH]n3)cc(-c3ccc(F)c4ccccc34)c2)c2ccccc12. The van der Waals surface area contributed by atoms with E-state index in [4.69, 9.17) is 0 Å². The molecule has 6 heteroatoms. The summed E-state index contributed by atoms with van der Waals surface area (Å²) in [4.78, 5) is 0. The molecule has 0 spiro atoms. The van der Waals surface area contributed by atoms with Crippen LogP contribution in [0.5, 0.6) is 0 Å². The van der Waals surface area contributed by atoms with Crippen LogP contribution in [0.25, 0.3) is 55.2 Å². The second-order valence-corrected chi connectivity index (χ2v) is 7.82. The molecule has 0 bridgehead atoms. The van der Waals surface area contributed by atoms with Gasteiger partial charge in [0, 0.05) is 16.3 Å². The summed E-state index contributed by atoms with van der Waals surface area (Å²) < 4.78 is 28.9. The van der Waals surface area contributed by atoms with E-state index in [1.165, 1.54) is 12.1 Å². The van der Waals surface area contributed by atoms with Crippen molar-refractivity contribution in [2.75, 3.05) is 0 Å². The van der Waals surface area contributed by atoms with E-state index in [1.807, 2.05) is 54.6 Å². The highest BCUT2D eigenvalue weighted by Gasteiger charge is 2.15. The average Bonchev–Trinajstić information content (AvgIpc) is 3.40. The van der Waals surface area contributed by atoms with E-state index in [0.717, 1.165) is 38.6 Å². The number of nitrogens with one attached hydrogen (secondary N) is 1. The Hall–Kier alpha value is -4.45. The maximum absolute atomic E-state index is 14.5. The minimum atomic E-state index is -0.270. The molecule has 6 aromatic rings. The number of tetrazole rings is 1. The molecule has 0 aliphatic heterocycles. The summed E-state index contributed by atoms with van der Waals surface area (Å²) in [6, 6.07) is 27.2. The molecule has 0 radical (unpaired) electrons. The number of hydrogen-bond acceptors (Lipinski definition) is 3. The Labute approximate surface area is 187 Å². The van der Waals surface area contributed by atoms with Crippen LogP contribution in [0.2, 0.25) is 0 Å². The minimum absolute atomic E-state index is 0.270. The van der Waals surface area contributed by atoms with E-state index in [1.54, 1.807) is 24.3 Å². The van der Waals surface area contributed by atoms with E-state index in [2.05, 4.69) is 20.6 Å². The summed E-state index contributed by atoms with van der Waals surface area (Å²) in [7, 11) is 0. The van der Waals surface area contributed by atoms with E-state index in [9.17, 15) is 8.78 Å². The van der Waals surface area contributed by atoms with Crippen molar-refractivity contribution in [3.8, 4) is 33.6 Å². The lowest BCUT2D eigenvalue weighted by Gasteiger charge is -2.13. The van der Waals surface area contributed by atoms with Crippen molar-refractivity contribution in [3.63, 3.8) is 0 Å². The standard InChI is InChI=1S/C27H16F2N4/c28-25-11-9-19(21-5-1-3-7-23(21)25)16-13-17(15-18(14-16)27-30-32-33-31-27)20-10-12-26(29)24-8-4-2-6-22(20)24/h1-15H,(H,30,31,32,33). The quantitative estimate of drug-likeness (QED) is 0.334. The zero-order valence-corrected chi connectivity index (χ0v) is 17.3. The van der Waals surface area contributed by atoms with Crippen molar-refractivity contribution in [1.82, 2.24) is 20.6 Å². The first-order valence-corrected chi connectivity index (χ1v) is 10.4. The number of hydrogen-bond donors (Lipinski definition) is 1. The number of aromatic amines is 1. The van der Waals surface area contributed by atoms with Crippen molar-refractivity contribution in [1.29, 1.82) is 0 Å². The lowest BCUT2D eigenvalue weighted by Crippen LogP contribution is -1.91. The van der Waals surface area contributed by atoms with Crippen LogP contribution in [0, 0.1) is 11.6 Å². The van der Waals surface area contributed by atoms with Crippen molar-refractivity contribution < 1.29 is 8.78 Å². The van der Waals surface area contributed by atoms with Crippen LogP contribution in [0.15, 0.2) is 91.0 Å². The third kappa shape index (κ3) is 3.24. The lowest BCUT2D eigenvalue weighted by atomic mass is 9.91. The topological polar surface area (TPSA) is 54.5 Å². The summed E-state index contributed by atoms with van der Waals surface area (Å²) in [6.07, 6.45) is 0. The predicted octanol–water partition coefficient (Wildman–Crippen LogP) is 6.79. The van der Waals surface area contributed by atoms with Crippen LogP contribution in [-0.4, -0.2) is 20.6 Å². The Morgan fingerprint density at radius 3 is 1.52 bits per heavy atom. The number of halogens is 2. The van der Waals surface area contributed by atoms with Gasteiger partial charge in [-0.05, 0) is 68.6 Å². The molecule has 0 aliphatic rings. The van der Waals surface area contributed by atoms with Crippen LogP contribution in [0.1, 0.15) is 0 Å². The Bertz CT molecular complexity index is 1540. The molecule has 33 heavy (non-hydrogen) atoms. The molecule has 0 saturated carbocycles. The normalized spacial score (nSPS) is 11.3. The first-order valence-electron chi connectivity index (χ1n) is 10.4. The van der Waals surface area contributed by atoms with Crippen LogP contribution in [-0.2, 0) is 0 Å². The molecule has 0 unspecified atom stereocenters. The van der Waals surface area contributed by atoms with Gasteiger partial charge in [0.2, 0.25) is 5.82 Å². The van der Waals surface area contributed by atoms with E-state index < -0.39 is 0 Å². The predicted molar refractivity (Wildman–Crippen MR) is 125 cm³/mol. The van der Waals surface area contributed by atoms with Gasteiger partial charge in [-0.2, -0.15) is 5.21 Å². The van der Waals surface area contributed by atoms with Gasteiger partial charge in [0.15, 0.2) is 0 Å². The van der Waals surface area contributed by atoms with E-state index in [-0.39, 0.29) is 11.6 Å². The fourth-order valence-corrected chi connectivity index (χ4v) is 4.38. The number of rotatable bonds is 3. The number of benzene rings is 5. The summed E-state index contributed by atoms with van der Waals surface area (Å²) in [6.45, 7) is 0. The van der Waals surface area contributed by atoms with Crippen LogP contribution in [0.3, 0.4) is 0 Å². The van der Waals surface area contributed by atoms with Crippen molar-refractivity contribution in [2.45, 2.75) is 0 Å². The summed E-state index contributed by atoms with van der Waals surface area (Å²) in [5, 5.41) is 17.2. The molecule has 0 aliphatic carbocycles. The maximum atomic E-state index is 14.5. The van der Waals surface area contributed by atoms with Crippen LogP contribution < -0.4 is 0 Å². The van der Waals surface area contributed by atoms with Gasteiger partial charge in [-0.25, -0.2) is 8.78 Å².